The Morgan fingerprint density at radius 2 is 2.00 bits per heavy atom. The van der Waals surface area contributed by atoms with Gasteiger partial charge in [0.15, 0.2) is 11.0 Å². The summed E-state index contributed by atoms with van der Waals surface area (Å²) in [6.07, 6.45) is 4.61. The van der Waals surface area contributed by atoms with Gasteiger partial charge in [-0.2, -0.15) is 0 Å². The minimum atomic E-state index is -0.200. The topological polar surface area (TPSA) is 69.0 Å². The summed E-state index contributed by atoms with van der Waals surface area (Å²) in [5.74, 6) is 1.70. The van der Waals surface area contributed by atoms with E-state index in [9.17, 15) is 4.79 Å². The minimum Gasteiger partial charge on any atom is -0.497 e. The molecule has 0 unspecified atom stereocenters. The highest BCUT2D eigenvalue weighted by Crippen LogP contribution is 2.28. The monoisotopic (exact) mass is 374 g/mol. The Kier molecular flexibility index (Phi) is 6.19. The summed E-state index contributed by atoms with van der Waals surface area (Å²) in [5.41, 5.74) is 0.982. The van der Waals surface area contributed by atoms with E-state index in [2.05, 4.69) is 22.4 Å². The zero-order valence-electron chi connectivity index (χ0n) is 15.6. The molecule has 1 N–H and O–H groups in total. The molecule has 7 heteroatoms. The van der Waals surface area contributed by atoms with Gasteiger partial charge >= 0.3 is 0 Å². The lowest BCUT2D eigenvalue weighted by Crippen LogP contribution is -2.37. The van der Waals surface area contributed by atoms with Crippen LogP contribution in [-0.2, 0) is 11.3 Å². The quantitative estimate of drug-likeness (QED) is 0.751. The van der Waals surface area contributed by atoms with Gasteiger partial charge in [0.25, 0.3) is 0 Å². The van der Waals surface area contributed by atoms with E-state index in [-0.39, 0.29) is 11.2 Å². The van der Waals surface area contributed by atoms with E-state index in [1.807, 2.05) is 35.8 Å². The molecule has 0 radical (unpaired) electrons. The first-order valence-corrected chi connectivity index (χ1v) is 10.0. The maximum absolute atomic E-state index is 12.4. The molecule has 0 aliphatic heterocycles. The predicted molar refractivity (Wildman–Crippen MR) is 103 cm³/mol. The Labute approximate surface area is 158 Å². The molecule has 2 aromatic rings. The number of carbonyl (C=O) groups is 1. The number of benzene rings is 1. The second-order valence-electron chi connectivity index (χ2n) is 6.53. The smallest absolute Gasteiger partial charge is 0.233 e. The third-order valence-electron chi connectivity index (χ3n) is 4.73. The van der Waals surface area contributed by atoms with Gasteiger partial charge in [0, 0.05) is 18.2 Å². The van der Waals surface area contributed by atoms with E-state index in [0.717, 1.165) is 41.7 Å². The number of hydrogen-bond acceptors (Lipinski definition) is 5. The normalized spacial score (nSPS) is 15.8. The van der Waals surface area contributed by atoms with Crippen LogP contribution in [0.5, 0.6) is 5.75 Å². The maximum Gasteiger partial charge on any atom is 0.233 e. The molecule has 1 fully saturated rings. The van der Waals surface area contributed by atoms with Crippen LogP contribution in [0.15, 0.2) is 29.4 Å². The lowest BCUT2D eigenvalue weighted by Gasteiger charge is -2.16. The summed E-state index contributed by atoms with van der Waals surface area (Å²) >= 11 is 1.46. The molecule has 1 aromatic carbocycles. The molecular formula is C19H26N4O2S. The molecule has 26 heavy (non-hydrogen) atoms. The molecule has 140 valence electrons. The van der Waals surface area contributed by atoms with Gasteiger partial charge in [0.05, 0.1) is 12.4 Å². The zero-order valence-corrected chi connectivity index (χ0v) is 16.4. The standard InChI is InChI=1S/C19H26N4O2S/c1-4-23-17(14-9-11-16(25-3)12-10-14)21-22-19(23)26-13(2)18(24)20-15-7-5-6-8-15/h9-13,15H,4-8H2,1-3H3,(H,20,24)/t13-/m1/s1. The van der Waals surface area contributed by atoms with Crippen LogP contribution in [0.4, 0.5) is 0 Å². The fourth-order valence-corrected chi connectivity index (χ4v) is 4.14. The average molecular weight is 375 g/mol. The van der Waals surface area contributed by atoms with Crippen molar-refractivity contribution in [3.05, 3.63) is 24.3 Å². The molecule has 1 aliphatic rings. The van der Waals surface area contributed by atoms with Gasteiger partial charge in [-0.15, -0.1) is 10.2 Å². The summed E-state index contributed by atoms with van der Waals surface area (Å²) in [4.78, 5) is 12.4. The maximum atomic E-state index is 12.4. The van der Waals surface area contributed by atoms with Crippen LogP contribution in [0.1, 0.15) is 39.5 Å². The SMILES string of the molecule is CCn1c(S[C@H](C)C(=O)NC2CCCC2)nnc1-c1ccc(OC)cc1. The molecule has 1 atom stereocenters. The number of amides is 1. The highest BCUT2D eigenvalue weighted by Gasteiger charge is 2.23. The van der Waals surface area contributed by atoms with E-state index in [0.29, 0.717) is 6.04 Å². The van der Waals surface area contributed by atoms with Gasteiger partial charge < -0.3 is 14.6 Å². The summed E-state index contributed by atoms with van der Waals surface area (Å²) in [6.45, 7) is 4.73. The molecular weight excluding hydrogens is 348 g/mol. The van der Waals surface area contributed by atoms with Crippen LogP contribution in [-0.4, -0.2) is 39.1 Å². The van der Waals surface area contributed by atoms with E-state index >= 15 is 0 Å². The van der Waals surface area contributed by atoms with Crippen LogP contribution in [0.3, 0.4) is 0 Å². The third-order valence-corrected chi connectivity index (χ3v) is 5.81. The van der Waals surface area contributed by atoms with E-state index in [1.54, 1.807) is 7.11 Å². The number of nitrogens with zero attached hydrogens (tertiary/aromatic N) is 3. The van der Waals surface area contributed by atoms with Crippen molar-refractivity contribution in [3.63, 3.8) is 0 Å². The number of rotatable bonds is 7. The van der Waals surface area contributed by atoms with Crippen molar-refractivity contribution >= 4 is 17.7 Å². The lowest BCUT2D eigenvalue weighted by molar-refractivity contribution is -0.120. The van der Waals surface area contributed by atoms with Crippen LogP contribution in [0.2, 0.25) is 0 Å². The molecule has 0 spiro atoms. The van der Waals surface area contributed by atoms with Crippen molar-refractivity contribution in [2.24, 2.45) is 0 Å². The number of carbonyl (C=O) groups excluding carboxylic acids is 1. The van der Waals surface area contributed by atoms with Gasteiger partial charge in [-0.25, -0.2) is 0 Å². The Morgan fingerprint density at radius 1 is 1.31 bits per heavy atom. The van der Waals surface area contributed by atoms with Crippen molar-refractivity contribution in [1.82, 2.24) is 20.1 Å². The summed E-state index contributed by atoms with van der Waals surface area (Å²) in [6, 6.07) is 8.10. The van der Waals surface area contributed by atoms with E-state index in [1.165, 1.54) is 24.6 Å². The van der Waals surface area contributed by atoms with Crippen molar-refractivity contribution in [2.45, 2.75) is 62.5 Å². The van der Waals surface area contributed by atoms with Gasteiger partial charge in [-0.3, -0.25) is 4.79 Å². The molecule has 0 bridgehead atoms. The van der Waals surface area contributed by atoms with E-state index < -0.39 is 0 Å². The minimum absolute atomic E-state index is 0.0820. The zero-order chi connectivity index (χ0) is 18.5. The lowest BCUT2D eigenvalue weighted by atomic mass is 10.2. The summed E-state index contributed by atoms with van der Waals surface area (Å²) in [5, 5.41) is 12.4. The molecule has 1 aliphatic carbocycles. The highest BCUT2D eigenvalue weighted by atomic mass is 32.2. The van der Waals surface area contributed by atoms with Crippen LogP contribution < -0.4 is 10.1 Å². The largest absolute Gasteiger partial charge is 0.497 e. The number of methoxy groups -OCH3 is 1. The van der Waals surface area contributed by atoms with Crippen molar-refractivity contribution < 1.29 is 9.53 Å². The Bertz CT molecular complexity index is 738. The number of ether oxygens (including phenoxy) is 1. The van der Waals surface area contributed by atoms with Crippen molar-refractivity contribution in [1.29, 1.82) is 0 Å². The molecule has 6 nitrogen and oxygen atoms in total. The van der Waals surface area contributed by atoms with E-state index in [4.69, 9.17) is 4.74 Å². The average Bonchev–Trinajstić information content (AvgIpc) is 3.31. The Hall–Kier alpha value is -2.02. The molecule has 1 aromatic heterocycles. The Morgan fingerprint density at radius 3 is 2.62 bits per heavy atom. The van der Waals surface area contributed by atoms with Gasteiger partial charge in [-0.1, -0.05) is 24.6 Å². The second-order valence-corrected chi connectivity index (χ2v) is 7.84. The summed E-state index contributed by atoms with van der Waals surface area (Å²) < 4.78 is 7.26. The fraction of sp³-hybridized carbons (Fsp3) is 0.526. The molecule has 1 amide bonds. The number of hydrogen-bond donors (Lipinski definition) is 1. The first kappa shape index (κ1) is 18.8. The van der Waals surface area contributed by atoms with Crippen molar-refractivity contribution in [3.8, 4) is 17.1 Å². The number of thioether (sulfide) groups is 1. The van der Waals surface area contributed by atoms with Crippen molar-refractivity contribution in [2.75, 3.05) is 7.11 Å². The summed E-state index contributed by atoms with van der Waals surface area (Å²) in [7, 11) is 1.65. The third kappa shape index (κ3) is 4.20. The first-order valence-electron chi connectivity index (χ1n) is 9.17. The molecule has 0 saturated heterocycles. The number of nitrogens with one attached hydrogen (secondary N) is 1. The van der Waals surface area contributed by atoms with Gasteiger partial charge in [0.1, 0.15) is 5.75 Å². The highest BCUT2D eigenvalue weighted by molar-refractivity contribution is 8.00. The molecule has 1 heterocycles. The van der Waals surface area contributed by atoms with Gasteiger partial charge in [0.2, 0.25) is 5.91 Å². The second kappa shape index (κ2) is 8.58. The van der Waals surface area contributed by atoms with Crippen LogP contribution in [0, 0.1) is 0 Å². The molecule has 1 saturated carbocycles. The predicted octanol–water partition coefficient (Wildman–Crippen LogP) is 3.51. The Balaban J connectivity index is 1.71. The van der Waals surface area contributed by atoms with Gasteiger partial charge in [-0.05, 0) is 51.0 Å². The number of aromatic nitrogens is 3. The molecule has 3 rings (SSSR count). The first-order chi connectivity index (χ1) is 12.6. The van der Waals surface area contributed by atoms with Crippen LogP contribution >= 0.6 is 11.8 Å². The van der Waals surface area contributed by atoms with Crippen LogP contribution in [0.25, 0.3) is 11.4 Å². The fourth-order valence-electron chi connectivity index (χ4n) is 3.21.